The van der Waals surface area contributed by atoms with Crippen LogP contribution in [0.15, 0.2) is 64.0 Å². The molecular weight excluding hydrogens is 412 g/mol. The molecule has 164 valence electrons. The Balaban J connectivity index is 2.68. The van der Waals surface area contributed by atoms with Crippen molar-refractivity contribution in [2.75, 3.05) is 20.7 Å². The number of aliphatic imine (C=N–C) groups is 3. The van der Waals surface area contributed by atoms with E-state index in [1.165, 1.54) is 30.3 Å². The van der Waals surface area contributed by atoms with Crippen LogP contribution in [0.3, 0.4) is 0 Å². The smallest absolute Gasteiger partial charge is 0.416 e. The van der Waals surface area contributed by atoms with Crippen molar-refractivity contribution in [2.24, 2.45) is 15.0 Å². The number of hydrogen-bond donors (Lipinski definition) is 0. The summed E-state index contributed by atoms with van der Waals surface area (Å²) in [5.74, 6) is -0.542. The van der Waals surface area contributed by atoms with Crippen molar-refractivity contribution in [3.8, 4) is 0 Å². The summed E-state index contributed by atoms with van der Waals surface area (Å²) in [6.07, 6.45) is -4.53. The second kappa shape index (κ2) is 10.0. The molecule has 0 saturated heterocycles. The number of ether oxygens (including phenoxy) is 1. The average molecular weight is 434 g/mol. The van der Waals surface area contributed by atoms with E-state index < -0.39 is 17.6 Å². The average Bonchev–Trinajstić information content (AvgIpc) is 2.72. The van der Waals surface area contributed by atoms with Crippen LogP contribution < -0.4 is 0 Å². The van der Waals surface area contributed by atoms with Crippen molar-refractivity contribution in [2.45, 2.75) is 13.1 Å². The topological polar surface area (TPSA) is 49.5 Å². The highest BCUT2D eigenvalue weighted by Crippen LogP contribution is 2.32. The van der Waals surface area contributed by atoms with Crippen LogP contribution in [0.2, 0.25) is 0 Å². The predicted octanol–water partition coefficient (Wildman–Crippen LogP) is 5.55. The van der Waals surface area contributed by atoms with Crippen molar-refractivity contribution in [3.05, 3.63) is 71.6 Å². The Morgan fingerprint density at radius 1 is 1.13 bits per heavy atom. The van der Waals surface area contributed by atoms with Gasteiger partial charge in [-0.2, -0.15) is 18.2 Å². The van der Waals surface area contributed by atoms with E-state index in [9.17, 15) is 17.6 Å². The van der Waals surface area contributed by atoms with E-state index in [4.69, 9.17) is 4.74 Å². The van der Waals surface area contributed by atoms with Gasteiger partial charge >= 0.3 is 12.2 Å². The van der Waals surface area contributed by atoms with Gasteiger partial charge in [-0.3, -0.25) is 0 Å². The Morgan fingerprint density at radius 3 is 2.42 bits per heavy atom. The molecule has 0 fully saturated rings. The number of nitrogens with zero attached hydrogens (tertiary/aromatic N) is 4. The van der Waals surface area contributed by atoms with E-state index >= 15 is 0 Å². The fourth-order valence-electron chi connectivity index (χ4n) is 2.49. The Bertz CT molecular complexity index is 1030. The Kier molecular flexibility index (Phi) is 7.68. The van der Waals surface area contributed by atoms with Crippen molar-refractivity contribution < 1.29 is 22.3 Å². The fraction of sp³-hybridized carbons (Fsp3) is 0.227. The summed E-state index contributed by atoms with van der Waals surface area (Å²) in [5, 5.41) is 0. The van der Waals surface area contributed by atoms with Gasteiger partial charge in [0.1, 0.15) is 5.82 Å². The molecule has 0 bridgehead atoms. The van der Waals surface area contributed by atoms with Gasteiger partial charge in [0, 0.05) is 30.9 Å². The molecular formula is C22H22F4N4O. The van der Waals surface area contributed by atoms with Crippen LogP contribution in [0.4, 0.5) is 23.2 Å². The van der Waals surface area contributed by atoms with E-state index in [1.54, 1.807) is 25.9 Å². The minimum Gasteiger partial charge on any atom is -0.464 e. The lowest BCUT2D eigenvalue weighted by atomic mass is 10.1. The Morgan fingerprint density at radius 2 is 1.84 bits per heavy atom. The Hall–Kier alpha value is -3.49. The van der Waals surface area contributed by atoms with Crippen LogP contribution in [0, 0.1) is 5.82 Å². The molecule has 31 heavy (non-hydrogen) atoms. The maximum atomic E-state index is 14.4. The van der Waals surface area contributed by atoms with Gasteiger partial charge < -0.3 is 9.64 Å². The van der Waals surface area contributed by atoms with E-state index in [2.05, 4.69) is 28.3 Å². The number of amidine groups is 2. The summed E-state index contributed by atoms with van der Waals surface area (Å²) in [6, 6.07) is 8.42. The Labute approximate surface area is 178 Å². The van der Waals surface area contributed by atoms with E-state index in [-0.39, 0.29) is 29.7 Å². The molecule has 0 N–H and O–H groups in total. The predicted molar refractivity (Wildman–Crippen MR) is 115 cm³/mol. The monoisotopic (exact) mass is 434 g/mol. The minimum atomic E-state index is -4.53. The lowest BCUT2D eigenvalue weighted by Crippen LogP contribution is -2.12. The number of alkyl halides is 3. The highest BCUT2D eigenvalue weighted by atomic mass is 19.4. The van der Waals surface area contributed by atoms with Gasteiger partial charge in [0.25, 0.3) is 0 Å². The third-order valence-corrected chi connectivity index (χ3v) is 4.09. The second-order valence-electron chi connectivity index (χ2n) is 6.50. The number of benzene rings is 2. The van der Waals surface area contributed by atoms with Crippen molar-refractivity contribution in [1.29, 1.82) is 0 Å². The molecule has 0 heterocycles. The summed E-state index contributed by atoms with van der Waals surface area (Å²) in [6.45, 7) is 9.17. The largest absolute Gasteiger partial charge is 0.464 e. The highest BCUT2D eigenvalue weighted by molar-refractivity contribution is 6.07. The SMILES string of the molecule is C=NC(=NC(=Nc1cccc(C(F)(F)F)c1)c1ccc(F)c(C(=C)N(C)C)c1)OCC. The molecule has 0 aliphatic heterocycles. The minimum absolute atomic E-state index is 0.00537. The van der Waals surface area contributed by atoms with Crippen LogP contribution in [0.5, 0.6) is 0 Å². The summed E-state index contributed by atoms with van der Waals surface area (Å²) < 4.78 is 58.9. The zero-order valence-corrected chi connectivity index (χ0v) is 17.4. The third-order valence-electron chi connectivity index (χ3n) is 4.09. The number of halogens is 4. The molecule has 0 aliphatic carbocycles. The van der Waals surface area contributed by atoms with Crippen LogP contribution >= 0.6 is 0 Å². The first-order chi connectivity index (χ1) is 14.6. The van der Waals surface area contributed by atoms with Crippen LogP contribution in [0.25, 0.3) is 5.70 Å². The third kappa shape index (κ3) is 6.24. The van der Waals surface area contributed by atoms with Gasteiger partial charge in [-0.05, 0) is 50.0 Å². The molecule has 5 nitrogen and oxygen atoms in total. The second-order valence-corrected chi connectivity index (χ2v) is 6.50. The summed E-state index contributed by atoms with van der Waals surface area (Å²) >= 11 is 0. The lowest BCUT2D eigenvalue weighted by Gasteiger charge is -2.17. The van der Waals surface area contributed by atoms with E-state index in [0.29, 0.717) is 11.3 Å². The van der Waals surface area contributed by atoms with Gasteiger partial charge in [0.2, 0.25) is 0 Å². The first-order valence-electron chi connectivity index (χ1n) is 9.17. The molecule has 2 aromatic rings. The normalized spacial score (nSPS) is 12.5. The molecule has 0 aromatic heterocycles. The van der Waals surface area contributed by atoms with Gasteiger partial charge in [-0.1, -0.05) is 12.6 Å². The quantitative estimate of drug-likeness (QED) is 0.352. The summed E-state index contributed by atoms with van der Waals surface area (Å²) in [7, 11) is 3.41. The van der Waals surface area contributed by atoms with Crippen LogP contribution in [0.1, 0.15) is 23.6 Å². The molecule has 0 amide bonds. The fourth-order valence-corrected chi connectivity index (χ4v) is 2.49. The molecule has 0 atom stereocenters. The van der Waals surface area contributed by atoms with E-state index in [0.717, 1.165) is 12.1 Å². The first kappa shape index (κ1) is 23.8. The molecule has 0 radical (unpaired) electrons. The van der Waals surface area contributed by atoms with Crippen molar-refractivity contribution >= 4 is 30.0 Å². The standard InChI is InChI=1S/C22H22F4N4O/c1-6-31-21(27-3)29-20(28-17-9-7-8-16(13-17)22(24,25)26)15-10-11-19(23)18(12-15)14(2)30(4)5/h7-13H,2-3,6H2,1,4-5H3. The summed E-state index contributed by atoms with van der Waals surface area (Å²) in [5.41, 5.74) is 0.0702. The molecule has 0 unspecified atom stereocenters. The summed E-state index contributed by atoms with van der Waals surface area (Å²) in [4.78, 5) is 13.7. The number of rotatable bonds is 5. The van der Waals surface area contributed by atoms with Gasteiger partial charge in [0.05, 0.1) is 17.9 Å². The maximum absolute atomic E-state index is 14.4. The molecule has 0 aliphatic rings. The zero-order valence-electron chi connectivity index (χ0n) is 17.4. The lowest BCUT2D eigenvalue weighted by molar-refractivity contribution is -0.137. The van der Waals surface area contributed by atoms with Crippen molar-refractivity contribution in [1.82, 2.24) is 4.90 Å². The zero-order chi connectivity index (χ0) is 23.2. The molecule has 0 saturated carbocycles. The van der Waals surface area contributed by atoms with E-state index in [1.807, 2.05) is 0 Å². The van der Waals surface area contributed by atoms with Gasteiger partial charge in [-0.15, -0.1) is 0 Å². The van der Waals surface area contributed by atoms with Gasteiger partial charge in [0.15, 0.2) is 5.84 Å². The van der Waals surface area contributed by atoms with Crippen LogP contribution in [-0.2, 0) is 10.9 Å². The van der Waals surface area contributed by atoms with Crippen LogP contribution in [-0.4, -0.2) is 44.2 Å². The molecule has 2 rings (SSSR count). The molecule has 9 heteroatoms. The number of hydrogen-bond acceptors (Lipinski definition) is 3. The highest BCUT2D eigenvalue weighted by Gasteiger charge is 2.30. The first-order valence-corrected chi connectivity index (χ1v) is 9.17. The molecule has 2 aromatic carbocycles. The molecule has 0 spiro atoms. The van der Waals surface area contributed by atoms with Gasteiger partial charge in [-0.25, -0.2) is 14.4 Å². The van der Waals surface area contributed by atoms with Crippen molar-refractivity contribution in [3.63, 3.8) is 0 Å². The maximum Gasteiger partial charge on any atom is 0.416 e.